The summed E-state index contributed by atoms with van der Waals surface area (Å²) in [6.45, 7) is 5.74. The molecule has 0 aliphatic carbocycles. The van der Waals surface area contributed by atoms with Gasteiger partial charge >= 0.3 is 0 Å². The van der Waals surface area contributed by atoms with E-state index in [1.165, 1.54) is 11.1 Å². The van der Waals surface area contributed by atoms with Crippen LogP contribution >= 0.6 is 12.4 Å². The van der Waals surface area contributed by atoms with Gasteiger partial charge in [0.25, 0.3) is 0 Å². The van der Waals surface area contributed by atoms with E-state index in [9.17, 15) is 4.79 Å². The lowest BCUT2D eigenvalue weighted by Gasteiger charge is -2.29. The Balaban J connectivity index is 0.00000161. The molecule has 0 unspecified atom stereocenters. The van der Waals surface area contributed by atoms with Crippen molar-refractivity contribution in [2.45, 2.75) is 19.4 Å². The van der Waals surface area contributed by atoms with Crippen LogP contribution in [-0.2, 0) is 17.8 Å². The number of carbonyl (C=O) groups is 1. The van der Waals surface area contributed by atoms with Crippen LogP contribution in [0.2, 0.25) is 0 Å². The molecule has 2 aliphatic heterocycles. The van der Waals surface area contributed by atoms with Gasteiger partial charge < -0.3 is 10.6 Å². The molecule has 116 valence electrons. The largest absolute Gasteiger partial charge is 0.356 e. The highest BCUT2D eigenvalue weighted by molar-refractivity contribution is 5.85. The van der Waals surface area contributed by atoms with Crippen LogP contribution in [0, 0.1) is 5.92 Å². The molecule has 0 bridgehead atoms. The summed E-state index contributed by atoms with van der Waals surface area (Å²) >= 11 is 0. The first kappa shape index (κ1) is 16.3. The summed E-state index contributed by atoms with van der Waals surface area (Å²) in [4.78, 5) is 14.2. The van der Waals surface area contributed by atoms with Crippen molar-refractivity contribution >= 4 is 18.3 Å². The number of hydrogen-bond donors (Lipinski definition) is 2. The zero-order chi connectivity index (χ0) is 13.8. The van der Waals surface area contributed by atoms with Gasteiger partial charge in [0.1, 0.15) is 0 Å². The van der Waals surface area contributed by atoms with Crippen molar-refractivity contribution in [1.82, 2.24) is 15.5 Å². The number of halogens is 1. The number of fused-ring (bicyclic) bond motifs is 1. The minimum atomic E-state index is 0. The SMILES string of the molecule is Cl.O=C(NCCCN1CCc2ccccc2C1)C1CNC1. The van der Waals surface area contributed by atoms with Crippen molar-refractivity contribution in [1.29, 1.82) is 0 Å². The van der Waals surface area contributed by atoms with E-state index in [0.717, 1.165) is 52.1 Å². The Bertz CT molecular complexity index is 476. The fraction of sp³-hybridized carbons (Fsp3) is 0.562. The lowest BCUT2D eigenvalue weighted by molar-refractivity contribution is -0.126. The second-order valence-electron chi connectivity index (χ2n) is 5.79. The first-order valence-electron chi connectivity index (χ1n) is 7.60. The number of benzene rings is 1. The van der Waals surface area contributed by atoms with Gasteiger partial charge in [0.2, 0.25) is 5.91 Å². The topological polar surface area (TPSA) is 44.4 Å². The van der Waals surface area contributed by atoms with Gasteiger partial charge in [-0.3, -0.25) is 9.69 Å². The lowest BCUT2D eigenvalue weighted by Crippen LogP contribution is -2.51. The molecule has 4 nitrogen and oxygen atoms in total. The molecule has 5 heteroatoms. The zero-order valence-electron chi connectivity index (χ0n) is 12.3. The van der Waals surface area contributed by atoms with E-state index >= 15 is 0 Å². The summed E-state index contributed by atoms with van der Waals surface area (Å²) in [5, 5.41) is 6.16. The predicted molar refractivity (Wildman–Crippen MR) is 86.7 cm³/mol. The summed E-state index contributed by atoms with van der Waals surface area (Å²) in [5.74, 6) is 0.421. The molecule has 3 rings (SSSR count). The maximum Gasteiger partial charge on any atom is 0.225 e. The highest BCUT2D eigenvalue weighted by Gasteiger charge is 2.24. The van der Waals surface area contributed by atoms with E-state index in [2.05, 4.69) is 39.8 Å². The summed E-state index contributed by atoms with van der Waals surface area (Å²) < 4.78 is 0. The molecule has 1 aromatic rings. The highest BCUT2D eigenvalue weighted by Crippen LogP contribution is 2.18. The minimum Gasteiger partial charge on any atom is -0.356 e. The van der Waals surface area contributed by atoms with Gasteiger partial charge in [0.05, 0.1) is 5.92 Å². The molecule has 21 heavy (non-hydrogen) atoms. The molecule has 2 heterocycles. The second-order valence-corrected chi connectivity index (χ2v) is 5.79. The van der Waals surface area contributed by atoms with Gasteiger partial charge in [-0.1, -0.05) is 24.3 Å². The quantitative estimate of drug-likeness (QED) is 0.803. The Kier molecular flexibility index (Phi) is 6.03. The van der Waals surface area contributed by atoms with Crippen molar-refractivity contribution in [3.05, 3.63) is 35.4 Å². The van der Waals surface area contributed by atoms with Crippen LogP contribution in [0.5, 0.6) is 0 Å². The standard InChI is InChI=1S/C16H23N3O.ClH/c20-16(15-10-17-11-15)18-7-3-8-19-9-6-13-4-1-2-5-14(13)12-19;/h1-2,4-5,15,17H,3,6-12H2,(H,18,20);1H. The van der Waals surface area contributed by atoms with Gasteiger partial charge in [-0.2, -0.15) is 0 Å². The maximum atomic E-state index is 11.7. The number of hydrogen-bond acceptors (Lipinski definition) is 3. The first-order valence-corrected chi connectivity index (χ1v) is 7.60. The molecule has 2 N–H and O–H groups in total. The molecule has 0 atom stereocenters. The van der Waals surface area contributed by atoms with E-state index in [-0.39, 0.29) is 24.2 Å². The Morgan fingerprint density at radius 2 is 2.05 bits per heavy atom. The van der Waals surface area contributed by atoms with E-state index in [1.54, 1.807) is 0 Å². The molecular weight excluding hydrogens is 286 g/mol. The summed E-state index contributed by atoms with van der Waals surface area (Å²) in [6, 6.07) is 8.71. The zero-order valence-corrected chi connectivity index (χ0v) is 13.1. The number of nitrogens with zero attached hydrogens (tertiary/aromatic N) is 1. The molecule has 0 saturated carbocycles. The van der Waals surface area contributed by atoms with Crippen LogP contribution in [0.4, 0.5) is 0 Å². The first-order chi connectivity index (χ1) is 9.83. The van der Waals surface area contributed by atoms with Crippen molar-refractivity contribution < 1.29 is 4.79 Å². The monoisotopic (exact) mass is 309 g/mol. The van der Waals surface area contributed by atoms with Crippen LogP contribution in [0.25, 0.3) is 0 Å². The van der Waals surface area contributed by atoms with Crippen LogP contribution < -0.4 is 10.6 Å². The molecular formula is C16H24ClN3O. The van der Waals surface area contributed by atoms with Gasteiger partial charge in [0.15, 0.2) is 0 Å². The van der Waals surface area contributed by atoms with E-state index in [4.69, 9.17) is 0 Å². The van der Waals surface area contributed by atoms with Crippen LogP contribution in [0.15, 0.2) is 24.3 Å². The molecule has 0 radical (unpaired) electrons. The third kappa shape index (κ3) is 4.19. The fourth-order valence-electron chi connectivity index (χ4n) is 2.88. The smallest absolute Gasteiger partial charge is 0.225 e. The molecule has 2 aliphatic rings. The summed E-state index contributed by atoms with van der Waals surface area (Å²) in [5.41, 5.74) is 2.96. The molecule has 0 aromatic heterocycles. The van der Waals surface area contributed by atoms with E-state index in [0.29, 0.717) is 0 Å². The second kappa shape index (κ2) is 7.78. The maximum absolute atomic E-state index is 11.7. The van der Waals surface area contributed by atoms with Crippen molar-refractivity contribution in [3.8, 4) is 0 Å². The molecule has 1 aromatic carbocycles. The summed E-state index contributed by atoms with van der Waals surface area (Å²) in [6.07, 6.45) is 2.18. The number of amides is 1. The van der Waals surface area contributed by atoms with E-state index in [1.807, 2.05) is 0 Å². The van der Waals surface area contributed by atoms with Crippen molar-refractivity contribution in [2.75, 3.05) is 32.7 Å². The Morgan fingerprint density at radius 3 is 2.76 bits per heavy atom. The van der Waals surface area contributed by atoms with Crippen LogP contribution in [0.1, 0.15) is 17.5 Å². The lowest BCUT2D eigenvalue weighted by atomic mass is 10.00. The minimum absolute atomic E-state index is 0. The number of nitrogens with one attached hydrogen (secondary N) is 2. The molecule has 0 spiro atoms. The highest BCUT2D eigenvalue weighted by atomic mass is 35.5. The van der Waals surface area contributed by atoms with Crippen molar-refractivity contribution in [2.24, 2.45) is 5.92 Å². The van der Waals surface area contributed by atoms with Crippen molar-refractivity contribution in [3.63, 3.8) is 0 Å². The van der Waals surface area contributed by atoms with Gasteiger partial charge in [-0.05, 0) is 24.0 Å². The average molecular weight is 310 g/mol. The van der Waals surface area contributed by atoms with Gasteiger partial charge in [-0.25, -0.2) is 0 Å². The molecule has 1 amide bonds. The Morgan fingerprint density at radius 1 is 1.29 bits per heavy atom. The van der Waals surface area contributed by atoms with Gasteiger partial charge in [0, 0.05) is 39.3 Å². The van der Waals surface area contributed by atoms with Crippen LogP contribution in [-0.4, -0.2) is 43.5 Å². The third-order valence-electron chi connectivity index (χ3n) is 4.31. The van der Waals surface area contributed by atoms with Crippen LogP contribution in [0.3, 0.4) is 0 Å². The number of carbonyl (C=O) groups excluding carboxylic acids is 1. The fourth-order valence-corrected chi connectivity index (χ4v) is 2.88. The predicted octanol–water partition coefficient (Wildman–Crippen LogP) is 1.19. The van der Waals surface area contributed by atoms with E-state index < -0.39 is 0 Å². The average Bonchev–Trinajstić information content (AvgIpc) is 2.41. The Labute approximate surface area is 132 Å². The molecule has 1 saturated heterocycles. The summed E-state index contributed by atoms with van der Waals surface area (Å²) in [7, 11) is 0. The molecule has 1 fully saturated rings. The number of rotatable bonds is 5. The van der Waals surface area contributed by atoms with Gasteiger partial charge in [-0.15, -0.1) is 12.4 Å². The third-order valence-corrected chi connectivity index (χ3v) is 4.31. The Hall–Kier alpha value is -1.10. The normalized spacial score (nSPS) is 18.3.